The molecule has 0 radical (unpaired) electrons. The number of anilines is 2. The summed E-state index contributed by atoms with van der Waals surface area (Å²) in [6, 6.07) is 15.2. The molecule has 4 heteroatoms. The maximum Gasteiger partial charge on any atom is 0.231 e. The van der Waals surface area contributed by atoms with Crippen LogP contribution in [0.25, 0.3) is 0 Å². The Kier molecular flexibility index (Phi) is 4.94. The Balaban J connectivity index is 2.03. The van der Waals surface area contributed by atoms with Gasteiger partial charge in [0.2, 0.25) is 11.8 Å². The summed E-state index contributed by atoms with van der Waals surface area (Å²) in [5, 5.41) is 2.70. The number of carbonyl (C=O) groups is 2. The van der Waals surface area contributed by atoms with Crippen LogP contribution in [0.4, 0.5) is 11.4 Å². The van der Waals surface area contributed by atoms with Crippen LogP contribution in [-0.4, -0.2) is 18.9 Å². The van der Waals surface area contributed by atoms with Gasteiger partial charge in [0.25, 0.3) is 0 Å². The largest absolute Gasteiger partial charge is 0.326 e. The van der Waals surface area contributed by atoms with Crippen molar-refractivity contribution in [2.24, 2.45) is 0 Å². The Bertz CT molecular complexity index is 660. The molecule has 0 unspecified atom stereocenters. The van der Waals surface area contributed by atoms with Crippen LogP contribution in [0.3, 0.4) is 0 Å². The zero-order chi connectivity index (χ0) is 16.1. The lowest BCUT2D eigenvalue weighted by molar-refractivity contribution is -0.117. The van der Waals surface area contributed by atoms with Gasteiger partial charge in [-0.2, -0.15) is 0 Å². The molecule has 4 nitrogen and oxygen atoms in total. The van der Waals surface area contributed by atoms with Gasteiger partial charge >= 0.3 is 0 Å². The van der Waals surface area contributed by atoms with Crippen LogP contribution in [-0.2, 0) is 16.0 Å². The highest BCUT2D eigenvalue weighted by molar-refractivity contribution is 5.95. The number of amides is 2. The molecule has 0 aliphatic heterocycles. The number of rotatable bonds is 4. The Morgan fingerprint density at radius 1 is 1.00 bits per heavy atom. The van der Waals surface area contributed by atoms with E-state index in [4.69, 9.17) is 0 Å². The number of nitrogens with zero attached hydrogens (tertiary/aromatic N) is 1. The molecule has 0 saturated carbocycles. The summed E-state index contributed by atoms with van der Waals surface area (Å²) in [5.41, 5.74) is 3.69. The van der Waals surface area contributed by atoms with Gasteiger partial charge in [0.05, 0.1) is 6.42 Å². The number of aryl methyl sites for hydroxylation is 1. The first-order chi connectivity index (χ1) is 10.5. The molecular weight excluding hydrogens is 276 g/mol. The first-order valence-electron chi connectivity index (χ1n) is 7.15. The van der Waals surface area contributed by atoms with Crippen molar-refractivity contribution >= 4 is 23.2 Å². The van der Waals surface area contributed by atoms with Crippen molar-refractivity contribution in [1.29, 1.82) is 0 Å². The maximum absolute atomic E-state index is 12.3. The molecule has 0 aromatic heterocycles. The van der Waals surface area contributed by atoms with Crippen molar-refractivity contribution in [3.05, 3.63) is 59.7 Å². The Hall–Kier alpha value is -2.62. The molecule has 0 saturated heterocycles. The fraction of sp³-hybridized carbons (Fsp3) is 0.222. The minimum absolute atomic E-state index is 0.0242. The van der Waals surface area contributed by atoms with Gasteiger partial charge in [-0.15, -0.1) is 0 Å². The van der Waals surface area contributed by atoms with E-state index in [-0.39, 0.29) is 11.8 Å². The second-order valence-corrected chi connectivity index (χ2v) is 5.34. The average molecular weight is 296 g/mol. The minimum Gasteiger partial charge on any atom is -0.326 e. The van der Waals surface area contributed by atoms with Crippen LogP contribution in [0.2, 0.25) is 0 Å². The Labute approximate surface area is 130 Å². The summed E-state index contributed by atoms with van der Waals surface area (Å²) in [4.78, 5) is 24.9. The van der Waals surface area contributed by atoms with Crippen molar-refractivity contribution in [1.82, 2.24) is 0 Å². The summed E-state index contributed by atoms with van der Waals surface area (Å²) in [5.74, 6) is -0.0901. The van der Waals surface area contributed by atoms with E-state index in [1.807, 2.05) is 43.3 Å². The number of hydrogen-bond donors (Lipinski definition) is 1. The monoisotopic (exact) mass is 296 g/mol. The lowest BCUT2D eigenvalue weighted by Gasteiger charge is -2.18. The number of carbonyl (C=O) groups excluding carboxylic acids is 2. The molecule has 0 bridgehead atoms. The number of likely N-dealkylation sites (N-methyl/N-ethyl adjacent to an activating group) is 1. The SMILES string of the molecule is CC(=O)Nc1ccc(N(C)C(=O)Cc2ccc(C)cc2)cc1. The molecule has 0 atom stereocenters. The summed E-state index contributed by atoms with van der Waals surface area (Å²) < 4.78 is 0. The molecule has 0 heterocycles. The molecule has 2 amide bonds. The fourth-order valence-electron chi connectivity index (χ4n) is 2.11. The van der Waals surface area contributed by atoms with Gasteiger partial charge in [-0.3, -0.25) is 9.59 Å². The number of benzene rings is 2. The van der Waals surface area contributed by atoms with Gasteiger partial charge in [0.15, 0.2) is 0 Å². The zero-order valence-corrected chi connectivity index (χ0v) is 13.1. The van der Waals surface area contributed by atoms with Crippen LogP contribution in [0.1, 0.15) is 18.1 Å². The van der Waals surface area contributed by atoms with E-state index in [1.165, 1.54) is 12.5 Å². The third kappa shape index (κ3) is 4.19. The van der Waals surface area contributed by atoms with E-state index in [2.05, 4.69) is 5.32 Å². The Morgan fingerprint density at radius 2 is 1.59 bits per heavy atom. The molecule has 0 fully saturated rings. The van der Waals surface area contributed by atoms with Crippen LogP contribution in [0, 0.1) is 6.92 Å². The lowest BCUT2D eigenvalue weighted by atomic mass is 10.1. The molecule has 1 N–H and O–H groups in total. The molecule has 2 aromatic carbocycles. The maximum atomic E-state index is 12.3. The van der Waals surface area contributed by atoms with E-state index in [0.29, 0.717) is 6.42 Å². The predicted molar refractivity (Wildman–Crippen MR) is 89.0 cm³/mol. The smallest absolute Gasteiger partial charge is 0.231 e. The average Bonchev–Trinajstić information content (AvgIpc) is 2.49. The van der Waals surface area contributed by atoms with Gasteiger partial charge in [-0.25, -0.2) is 0 Å². The van der Waals surface area contributed by atoms with Crippen molar-refractivity contribution < 1.29 is 9.59 Å². The van der Waals surface area contributed by atoms with Gasteiger partial charge in [0, 0.05) is 25.3 Å². The van der Waals surface area contributed by atoms with E-state index < -0.39 is 0 Å². The number of nitrogens with one attached hydrogen (secondary N) is 1. The molecule has 0 aliphatic carbocycles. The third-order valence-corrected chi connectivity index (χ3v) is 3.43. The summed E-state index contributed by atoms with van der Waals surface area (Å²) in [6.07, 6.45) is 0.365. The van der Waals surface area contributed by atoms with E-state index in [9.17, 15) is 9.59 Å². The van der Waals surface area contributed by atoms with E-state index in [1.54, 1.807) is 24.1 Å². The molecule has 0 spiro atoms. The molecule has 2 rings (SSSR count). The van der Waals surface area contributed by atoms with Crippen LogP contribution < -0.4 is 10.2 Å². The van der Waals surface area contributed by atoms with Crippen molar-refractivity contribution in [2.45, 2.75) is 20.3 Å². The number of hydrogen-bond acceptors (Lipinski definition) is 2. The van der Waals surface area contributed by atoms with Crippen LogP contribution in [0.15, 0.2) is 48.5 Å². The normalized spacial score (nSPS) is 10.1. The second-order valence-electron chi connectivity index (χ2n) is 5.34. The highest BCUT2D eigenvalue weighted by Crippen LogP contribution is 2.18. The van der Waals surface area contributed by atoms with Gasteiger partial charge in [-0.05, 0) is 36.8 Å². The first kappa shape index (κ1) is 15.8. The summed E-state index contributed by atoms with van der Waals surface area (Å²) >= 11 is 0. The van der Waals surface area contributed by atoms with Crippen LogP contribution in [0.5, 0.6) is 0 Å². The van der Waals surface area contributed by atoms with Crippen molar-refractivity contribution in [3.8, 4) is 0 Å². The minimum atomic E-state index is -0.114. The van der Waals surface area contributed by atoms with Gasteiger partial charge in [0.1, 0.15) is 0 Å². The van der Waals surface area contributed by atoms with Crippen molar-refractivity contribution in [2.75, 3.05) is 17.3 Å². The molecule has 2 aromatic rings. The summed E-state index contributed by atoms with van der Waals surface area (Å²) in [6.45, 7) is 3.49. The molecule has 114 valence electrons. The van der Waals surface area contributed by atoms with Gasteiger partial charge in [-0.1, -0.05) is 29.8 Å². The fourth-order valence-corrected chi connectivity index (χ4v) is 2.11. The molecule has 22 heavy (non-hydrogen) atoms. The highest BCUT2D eigenvalue weighted by Gasteiger charge is 2.11. The van der Waals surface area contributed by atoms with Crippen molar-refractivity contribution in [3.63, 3.8) is 0 Å². The highest BCUT2D eigenvalue weighted by atomic mass is 16.2. The Morgan fingerprint density at radius 3 is 2.14 bits per heavy atom. The van der Waals surface area contributed by atoms with Crippen LogP contribution >= 0.6 is 0 Å². The molecular formula is C18H20N2O2. The quantitative estimate of drug-likeness (QED) is 0.942. The second kappa shape index (κ2) is 6.89. The standard InChI is InChI=1S/C18H20N2O2/c1-13-4-6-15(7-5-13)12-18(22)20(3)17-10-8-16(9-11-17)19-14(2)21/h4-11H,12H2,1-3H3,(H,19,21). The molecule has 0 aliphatic rings. The van der Waals surface area contributed by atoms with Gasteiger partial charge < -0.3 is 10.2 Å². The predicted octanol–water partition coefficient (Wildman–Crippen LogP) is 3.16. The van der Waals surface area contributed by atoms with E-state index in [0.717, 1.165) is 16.9 Å². The lowest BCUT2D eigenvalue weighted by Crippen LogP contribution is -2.27. The first-order valence-corrected chi connectivity index (χ1v) is 7.15. The summed E-state index contributed by atoms with van der Waals surface area (Å²) in [7, 11) is 1.75. The topological polar surface area (TPSA) is 49.4 Å². The third-order valence-electron chi connectivity index (χ3n) is 3.43. The zero-order valence-electron chi connectivity index (χ0n) is 13.1. The van der Waals surface area contributed by atoms with E-state index >= 15 is 0 Å².